The van der Waals surface area contributed by atoms with Crippen LogP contribution in [0.15, 0.2) is 48.7 Å². The highest BCUT2D eigenvalue weighted by molar-refractivity contribution is 5.23. The highest BCUT2D eigenvalue weighted by Crippen LogP contribution is 2.32. The van der Waals surface area contributed by atoms with Crippen LogP contribution in [0.25, 0.3) is 0 Å². The lowest BCUT2D eigenvalue weighted by atomic mass is 9.84. The lowest BCUT2D eigenvalue weighted by Crippen LogP contribution is -2.29. The van der Waals surface area contributed by atoms with Gasteiger partial charge in [-0.25, -0.2) is 0 Å². The molecule has 1 aromatic heterocycles. The molecule has 0 saturated heterocycles. The highest BCUT2D eigenvalue weighted by atomic mass is 16.5. The first-order valence-electron chi connectivity index (χ1n) is 8.15. The van der Waals surface area contributed by atoms with E-state index in [0.29, 0.717) is 18.6 Å². The van der Waals surface area contributed by atoms with Crippen molar-refractivity contribution in [1.29, 1.82) is 0 Å². The molecule has 3 rings (SSSR count). The van der Waals surface area contributed by atoms with Gasteiger partial charge >= 0.3 is 0 Å². The number of ether oxygens (including phenoxy) is 1. The molecule has 0 spiro atoms. The van der Waals surface area contributed by atoms with Crippen molar-refractivity contribution < 1.29 is 4.74 Å². The van der Waals surface area contributed by atoms with Gasteiger partial charge in [0.05, 0.1) is 6.20 Å². The summed E-state index contributed by atoms with van der Waals surface area (Å²) in [6, 6.07) is 15.1. The van der Waals surface area contributed by atoms with Gasteiger partial charge in [0.15, 0.2) is 0 Å². The van der Waals surface area contributed by atoms with Gasteiger partial charge in [-0.1, -0.05) is 30.3 Å². The van der Waals surface area contributed by atoms with Crippen LogP contribution in [0.2, 0.25) is 0 Å². The fraction of sp³-hybridized carbons (Fsp3) is 0.421. The Labute approximate surface area is 132 Å². The molecule has 0 aliphatic heterocycles. The topological polar surface area (TPSA) is 34.1 Å². The molecular weight excluding hydrogens is 272 g/mol. The van der Waals surface area contributed by atoms with Gasteiger partial charge in [-0.05, 0) is 50.4 Å². The zero-order valence-corrected chi connectivity index (χ0v) is 13.2. The standard InChI is InChI=1S/C19H24N2O/c1-20-17-9-7-16(8-10-17)19-12-11-18(13-21-19)22-14-15-5-3-2-4-6-15/h2-6,11-13,16-17,20H,7-10,14H2,1H3/t16-,17-. The van der Waals surface area contributed by atoms with Gasteiger partial charge in [0, 0.05) is 17.7 Å². The fourth-order valence-corrected chi connectivity index (χ4v) is 3.14. The summed E-state index contributed by atoms with van der Waals surface area (Å²) >= 11 is 0. The minimum Gasteiger partial charge on any atom is -0.487 e. The predicted octanol–water partition coefficient (Wildman–Crippen LogP) is 3.91. The Morgan fingerprint density at radius 1 is 1.05 bits per heavy atom. The van der Waals surface area contributed by atoms with Gasteiger partial charge in [-0.3, -0.25) is 4.98 Å². The summed E-state index contributed by atoms with van der Waals surface area (Å²) in [7, 11) is 2.06. The number of nitrogens with one attached hydrogen (secondary N) is 1. The Bertz CT molecular complexity index is 560. The van der Waals surface area contributed by atoms with Gasteiger partial charge < -0.3 is 10.1 Å². The molecule has 1 aromatic carbocycles. The molecule has 22 heavy (non-hydrogen) atoms. The van der Waals surface area contributed by atoms with E-state index in [1.807, 2.05) is 24.4 Å². The van der Waals surface area contributed by atoms with Crippen LogP contribution in [0.4, 0.5) is 0 Å². The molecule has 0 radical (unpaired) electrons. The maximum atomic E-state index is 5.80. The summed E-state index contributed by atoms with van der Waals surface area (Å²) in [5.41, 5.74) is 2.39. The van der Waals surface area contributed by atoms with Crippen molar-refractivity contribution in [1.82, 2.24) is 10.3 Å². The van der Waals surface area contributed by atoms with Crippen molar-refractivity contribution in [2.45, 2.75) is 44.2 Å². The molecule has 1 fully saturated rings. The van der Waals surface area contributed by atoms with Crippen molar-refractivity contribution >= 4 is 0 Å². The molecule has 1 N–H and O–H groups in total. The summed E-state index contributed by atoms with van der Waals surface area (Å²) in [5.74, 6) is 1.45. The average molecular weight is 296 g/mol. The molecule has 0 amide bonds. The number of benzene rings is 1. The lowest BCUT2D eigenvalue weighted by Gasteiger charge is -2.27. The number of rotatable bonds is 5. The van der Waals surface area contributed by atoms with Gasteiger partial charge in [-0.2, -0.15) is 0 Å². The Morgan fingerprint density at radius 2 is 1.82 bits per heavy atom. The number of hydrogen-bond acceptors (Lipinski definition) is 3. The van der Waals surface area contributed by atoms with E-state index in [4.69, 9.17) is 4.74 Å². The Balaban J connectivity index is 1.54. The van der Waals surface area contributed by atoms with Crippen molar-refractivity contribution in [3.8, 4) is 5.75 Å². The molecular formula is C19H24N2O. The predicted molar refractivity (Wildman–Crippen MR) is 89.1 cm³/mol. The van der Waals surface area contributed by atoms with E-state index in [1.54, 1.807) is 0 Å². The van der Waals surface area contributed by atoms with Crippen LogP contribution < -0.4 is 10.1 Å². The maximum absolute atomic E-state index is 5.80. The van der Waals surface area contributed by atoms with E-state index in [2.05, 4.69) is 41.6 Å². The smallest absolute Gasteiger partial charge is 0.138 e. The number of pyridine rings is 1. The normalized spacial score (nSPS) is 21.5. The first-order chi connectivity index (χ1) is 10.8. The highest BCUT2D eigenvalue weighted by Gasteiger charge is 2.22. The third-order valence-corrected chi connectivity index (χ3v) is 4.56. The van der Waals surface area contributed by atoms with Crippen LogP contribution >= 0.6 is 0 Å². The molecule has 1 heterocycles. The fourth-order valence-electron chi connectivity index (χ4n) is 3.14. The Kier molecular flexibility index (Phi) is 5.07. The number of hydrogen-bond donors (Lipinski definition) is 1. The van der Waals surface area contributed by atoms with Crippen LogP contribution in [0.3, 0.4) is 0 Å². The molecule has 0 unspecified atom stereocenters. The van der Waals surface area contributed by atoms with E-state index < -0.39 is 0 Å². The summed E-state index contributed by atoms with van der Waals surface area (Å²) < 4.78 is 5.80. The summed E-state index contributed by atoms with van der Waals surface area (Å²) in [6.07, 6.45) is 6.80. The summed E-state index contributed by atoms with van der Waals surface area (Å²) in [5, 5.41) is 3.38. The van der Waals surface area contributed by atoms with Crippen LogP contribution in [-0.2, 0) is 6.61 Å². The van der Waals surface area contributed by atoms with Gasteiger partial charge in [0.25, 0.3) is 0 Å². The van der Waals surface area contributed by atoms with Crippen molar-refractivity contribution in [3.05, 3.63) is 59.9 Å². The largest absolute Gasteiger partial charge is 0.487 e. The van der Waals surface area contributed by atoms with E-state index in [9.17, 15) is 0 Å². The van der Waals surface area contributed by atoms with Gasteiger partial charge in [-0.15, -0.1) is 0 Å². The van der Waals surface area contributed by atoms with Gasteiger partial charge in [0.2, 0.25) is 0 Å². The Hall–Kier alpha value is -1.87. The number of nitrogens with zero attached hydrogens (tertiary/aromatic N) is 1. The molecule has 1 aliphatic rings. The van der Waals surface area contributed by atoms with E-state index >= 15 is 0 Å². The summed E-state index contributed by atoms with van der Waals surface area (Å²) in [6.45, 7) is 0.592. The average Bonchev–Trinajstić information content (AvgIpc) is 2.61. The van der Waals surface area contributed by atoms with Crippen molar-refractivity contribution in [3.63, 3.8) is 0 Å². The molecule has 116 valence electrons. The first kappa shape index (κ1) is 15.0. The molecule has 3 heteroatoms. The second kappa shape index (κ2) is 7.41. The van der Waals surface area contributed by atoms with E-state index in [-0.39, 0.29) is 0 Å². The van der Waals surface area contributed by atoms with Crippen molar-refractivity contribution in [2.75, 3.05) is 7.05 Å². The zero-order chi connectivity index (χ0) is 15.2. The monoisotopic (exact) mass is 296 g/mol. The second-order valence-corrected chi connectivity index (χ2v) is 6.03. The van der Waals surface area contributed by atoms with Crippen LogP contribution in [0.1, 0.15) is 42.9 Å². The molecule has 2 aromatic rings. The minimum absolute atomic E-state index is 0.592. The van der Waals surface area contributed by atoms with Crippen LogP contribution in [0.5, 0.6) is 5.75 Å². The van der Waals surface area contributed by atoms with Gasteiger partial charge in [0.1, 0.15) is 12.4 Å². The third kappa shape index (κ3) is 3.86. The third-order valence-electron chi connectivity index (χ3n) is 4.56. The molecule has 0 bridgehead atoms. The molecule has 1 saturated carbocycles. The van der Waals surface area contributed by atoms with Crippen LogP contribution in [0, 0.1) is 0 Å². The molecule has 0 atom stereocenters. The SMILES string of the molecule is CN[C@H]1CC[C@H](c2ccc(OCc3ccccc3)cn2)CC1. The summed E-state index contributed by atoms with van der Waals surface area (Å²) in [4.78, 5) is 4.62. The zero-order valence-electron chi connectivity index (χ0n) is 13.2. The Morgan fingerprint density at radius 3 is 2.45 bits per heavy atom. The maximum Gasteiger partial charge on any atom is 0.138 e. The first-order valence-corrected chi connectivity index (χ1v) is 8.15. The molecule has 1 aliphatic carbocycles. The quantitative estimate of drug-likeness (QED) is 0.908. The van der Waals surface area contributed by atoms with Crippen molar-refractivity contribution in [2.24, 2.45) is 0 Å². The second-order valence-electron chi connectivity index (χ2n) is 6.03. The van der Waals surface area contributed by atoms with E-state index in [1.165, 1.54) is 36.9 Å². The molecule has 3 nitrogen and oxygen atoms in total. The minimum atomic E-state index is 0.592. The van der Waals surface area contributed by atoms with Crippen LogP contribution in [-0.4, -0.2) is 18.1 Å². The number of aromatic nitrogens is 1. The lowest BCUT2D eigenvalue weighted by molar-refractivity contribution is 0.304. The van der Waals surface area contributed by atoms with E-state index in [0.717, 1.165) is 5.75 Å².